The molecule has 0 aliphatic carbocycles. The third kappa shape index (κ3) is 4.14. The number of hydrogen-bond donors (Lipinski definition) is 3. The Kier molecular flexibility index (Phi) is 5.69. The summed E-state index contributed by atoms with van der Waals surface area (Å²) >= 11 is 0. The van der Waals surface area contributed by atoms with Crippen molar-refractivity contribution >= 4 is 23.4 Å². The molecule has 3 atom stereocenters. The van der Waals surface area contributed by atoms with Crippen LogP contribution in [0, 0.1) is 6.92 Å². The SMILES string of the molecule is Cc1ccc2c(c1)NC1(CCC(=O)N(C(C)C(=O)NCC3CCCO3)CC1)NC2=O. The van der Waals surface area contributed by atoms with E-state index in [1.807, 2.05) is 25.1 Å². The molecule has 2 saturated heterocycles. The highest BCUT2D eigenvalue weighted by Gasteiger charge is 2.41. The molecular formula is C22H30N4O4. The normalized spacial score (nSPS) is 27.1. The van der Waals surface area contributed by atoms with Crippen LogP contribution in [0.25, 0.3) is 0 Å². The Morgan fingerprint density at radius 1 is 1.33 bits per heavy atom. The minimum absolute atomic E-state index is 0.0643. The molecular weight excluding hydrogens is 384 g/mol. The predicted molar refractivity (Wildman–Crippen MR) is 112 cm³/mol. The summed E-state index contributed by atoms with van der Waals surface area (Å²) in [6, 6.07) is 5.12. The van der Waals surface area contributed by atoms with Crippen molar-refractivity contribution in [2.75, 3.05) is 25.0 Å². The number of fused-ring (bicyclic) bond motifs is 1. The maximum atomic E-state index is 12.8. The summed E-state index contributed by atoms with van der Waals surface area (Å²) in [5.74, 6) is -0.374. The maximum absolute atomic E-state index is 12.8. The van der Waals surface area contributed by atoms with Gasteiger partial charge in [0, 0.05) is 38.2 Å². The van der Waals surface area contributed by atoms with Crippen LogP contribution in [0.5, 0.6) is 0 Å². The van der Waals surface area contributed by atoms with Gasteiger partial charge < -0.3 is 25.6 Å². The highest BCUT2D eigenvalue weighted by molar-refractivity contribution is 6.02. The van der Waals surface area contributed by atoms with Crippen molar-refractivity contribution in [1.82, 2.24) is 15.5 Å². The molecule has 1 aromatic rings. The third-order valence-corrected chi connectivity index (χ3v) is 6.39. The first-order valence-corrected chi connectivity index (χ1v) is 10.8. The average molecular weight is 415 g/mol. The number of hydrogen-bond acceptors (Lipinski definition) is 5. The second kappa shape index (κ2) is 8.26. The van der Waals surface area contributed by atoms with Crippen molar-refractivity contribution in [3.63, 3.8) is 0 Å². The third-order valence-electron chi connectivity index (χ3n) is 6.39. The van der Waals surface area contributed by atoms with Gasteiger partial charge in [0.2, 0.25) is 11.8 Å². The largest absolute Gasteiger partial charge is 0.376 e. The number of benzene rings is 1. The molecule has 2 fully saturated rings. The quantitative estimate of drug-likeness (QED) is 0.694. The number of anilines is 1. The molecule has 3 heterocycles. The van der Waals surface area contributed by atoms with Crippen LogP contribution >= 0.6 is 0 Å². The number of nitrogens with zero attached hydrogens (tertiary/aromatic N) is 1. The Bertz CT molecular complexity index is 852. The summed E-state index contributed by atoms with van der Waals surface area (Å²) in [6.45, 7) is 5.34. The Morgan fingerprint density at radius 3 is 2.93 bits per heavy atom. The molecule has 0 radical (unpaired) electrons. The van der Waals surface area contributed by atoms with E-state index in [0.717, 1.165) is 30.7 Å². The second-order valence-electron chi connectivity index (χ2n) is 8.60. The predicted octanol–water partition coefficient (Wildman–Crippen LogP) is 1.54. The molecule has 3 amide bonds. The van der Waals surface area contributed by atoms with E-state index < -0.39 is 11.7 Å². The molecule has 3 unspecified atom stereocenters. The van der Waals surface area contributed by atoms with E-state index in [1.165, 1.54) is 0 Å². The minimum Gasteiger partial charge on any atom is -0.376 e. The number of ether oxygens (including phenoxy) is 1. The van der Waals surface area contributed by atoms with Crippen LogP contribution in [0.4, 0.5) is 5.69 Å². The van der Waals surface area contributed by atoms with Gasteiger partial charge in [-0.15, -0.1) is 0 Å². The van der Waals surface area contributed by atoms with Crippen LogP contribution in [0.1, 0.15) is 54.9 Å². The van der Waals surface area contributed by atoms with Crippen molar-refractivity contribution in [1.29, 1.82) is 0 Å². The molecule has 30 heavy (non-hydrogen) atoms. The Balaban J connectivity index is 1.42. The van der Waals surface area contributed by atoms with Crippen molar-refractivity contribution in [3.05, 3.63) is 29.3 Å². The first kappa shape index (κ1) is 20.7. The molecule has 8 heteroatoms. The topological polar surface area (TPSA) is 99.8 Å². The molecule has 8 nitrogen and oxygen atoms in total. The van der Waals surface area contributed by atoms with Gasteiger partial charge in [0.25, 0.3) is 5.91 Å². The Labute approximate surface area is 176 Å². The second-order valence-corrected chi connectivity index (χ2v) is 8.60. The number of rotatable bonds is 4. The lowest BCUT2D eigenvalue weighted by Crippen LogP contribution is -2.58. The molecule has 4 rings (SSSR count). The summed E-state index contributed by atoms with van der Waals surface area (Å²) in [5.41, 5.74) is 1.78. The minimum atomic E-state index is -0.684. The van der Waals surface area contributed by atoms with Crippen molar-refractivity contribution in [2.45, 2.75) is 63.8 Å². The lowest BCUT2D eigenvalue weighted by atomic mass is 9.94. The Morgan fingerprint density at radius 2 is 2.17 bits per heavy atom. The summed E-state index contributed by atoms with van der Waals surface area (Å²) in [5, 5.41) is 9.46. The molecule has 162 valence electrons. The number of amides is 3. The van der Waals surface area contributed by atoms with E-state index in [9.17, 15) is 14.4 Å². The summed E-state index contributed by atoms with van der Waals surface area (Å²) < 4.78 is 5.55. The summed E-state index contributed by atoms with van der Waals surface area (Å²) in [7, 11) is 0. The van der Waals surface area contributed by atoms with E-state index in [1.54, 1.807) is 11.8 Å². The van der Waals surface area contributed by atoms with Crippen molar-refractivity contribution < 1.29 is 19.1 Å². The van der Waals surface area contributed by atoms with Crippen LogP contribution < -0.4 is 16.0 Å². The molecule has 1 aromatic carbocycles. The first-order chi connectivity index (χ1) is 14.4. The molecule has 1 spiro atoms. The van der Waals surface area contributed by atoms with Gasteiger partial charge >= 0.3 is 0 Å². The van der Waals surface area contributed by atoms with Crippen LogP contribution in [-0.4, -0.2) is 60.1 Å². The van der Waals surface area contributed by atoms with E-state index in [2.05, 4.69) is 16.0 Å². The highest BCUT2D eigenvalue weighted by atomic mass is 16.5. The number of aryl methyl sites for hydroxylation is 1. The fourth-order valence-electron chi connectivity index (χ4n) is 4.53. The molecule has 0 saturated carbocycles. The van der Waals surface area contributed by atoms with Gasteiger partial charge in [-0.25, -0.2) is 0 Å². The van der Waals surface area contributed by atoms with Crippen LogP contribution in [0.3, 0.4) is 0 Å². The molecule has 0 aromatic heterocycles. The van der Waals surface area contributed by atoms with Crippen molar-refractivity contribution in [2.24, 2.45) is 0 Å². The lowest BCUT2D eigenvalue weighted by Gasteiger charge is -2.40. The monoisotopic (exact) mass is 414 g/mol. The molecule has 0 bridgehead atoms. The van der Waals surface area contributed by atoms with Crippen LogP contribution in [0.2, 0.25) is 0 Å². The summed E-state index contributed by atoms with van der Waals surface area (Å²) in [4.78, 5) is 39.7. The smallest absolute Gasteiger partial charge is 0.255 e. The zero-order chi connectivity index (χ0) is 21.3. The fraction of sp³-hybridized carbons (Fsp3) is 0.591. The first-order valence-electron chi connectivity index (χ1n) is 10.8. The number of carbonyl (C=O) groups excluding carboxylic acids is 3. The zero-order valence-electron chi connectivity index (χ0n) is 17.6. The summed E-state index contributed by atoms with van der Waals surface area (Å²) in [6.07, 6.45) is 3.30. The van der Waals surface area contributed by atoms with Gasteiger partial charge in [0.05, 0.1) is 11.7 Å². The Hall–Kier alpha value is -2.61. The lowest BCUT2D eigenvalue weighted by molar-refractivity contribution is -0.139. The zero-order valence-corrected chi connectivity index (χ0v) is 17.6. The van der Waals surface area contributed by atoms with Gasteiger partial charge in [-0.3, -0.25) is 14.4 Å². The number of carbonyl (C=O) groups is 3. The standard InChI is InChI=1S/C22H30N4O4/c1-14-5-6-17-18(12-14)24-22(25-21(17)29)8-7-19(27)26(10-9-22)15(2)20(28)23-13-16-4-3-11-30-16/h5-6,12,15-16,24H,3-4,7-11,13H2,1-2H3,(H,23,28)(H,25,29). The highest BCUT2D eigenvalue weighted by Crippen LogP contribution is 2.32. The van der Waals surface area contributed by atoms with E-state index in [-0.39, 0.29) is 30.2 Å². The van der Waals surface area contributed by atoms with Gasteiger partial charge in [-0.2, -0.15) is 0 Å². The fourth-order valence-corrected chi connectivity index (χ4v) is 4.53. The van der Waals surface area contributed by atoms with Gasteiger partial charge in [-0.05, 0) is 50.8 Å². The van der Waals surface area contributed by atoms with Gasteiger partial charge in [-0.1, -0.05) is 6.07 Å². The maximum Gasteiger partial charge on any atom is 0.255 e. The van der Waals surface area contributed by atoms with Gasteiger partial charge in [0.15, 0.2) is 0 Å². The number of nitrogens with one attached hydrogen (secondary N) is 3. The van der Waals surface area contributed by atoms with Crippen LogP contribution in [-0.2, 0) is 14.3 Å². The van der Waals surface area contributed by atoms with Gasteiger partial charge in [0.1, 0.15) is 11.7 Å². The molecule has 3 aliphatic heterocycles. The van der Waals surface area contributed by atoms with E-state index in [4.69, 9.17) is 4.74 Å². The van der Waals surface area contributed by atoms with Crippen molar-refractivity contribution in [3.8, 4) is 0 Å². The molecule has 3 N–H and O–H groups in total. The number of likely N-dealkylation sites (tertiary alicyclic amines) is 1. The molecule has 3 aliphatic rings. The van der Waals surface area contributed by atoms with E-state index in [0.29, 0.717) is 31.5 Å². The van der Waals surface area contributed by atoms with Crippen LogP contribution in [0.15, 0.2) is 18.2 Å². The average Bonchev–Trinajstić information content (AvgIpc) is 3.18. The van der Waals surface area contributed by atoms with E-state index >= 15 is 0 Å².